The molecule has 2 amide bonds. The van der Waals surface area contributed by atoms with Gasteiger partial charge in [0.15, 0.2) is 0 Å². The molecule has 0 spiro atoms. The van der Waals surface area contributed by atoms with Crippen molar-refractivity contribution in [2.75, 3.05) is 10.6 Å². The number of anilines is 2. The Morgan fingerprint density at radius 1 is 0.962 bits per heavy atom. The summed E-state index contributed by atoms with van der Waals surface area (Å²) in [5.41, 5.74) is 0.610. The Kier molecular flexibility index (Phi) is 4.71. The second-order valence-electron chi connectivity index (χ2n) is 6.28. The summed E-state index contributed by atoms with van der Waals surface area (Å²) < 4.78 is 39.3. The minimum absolute atomic E-state index is 0.168. The molecule has 0 heterocycles. The van der Waals surface area contributed by atoms with Crippen LogP contribution in [0.25, 0.3) is 0 Å². The summed E-state index contributed by atoms with van der Waals surface area (Å²) in [7, 11) is 0. The highest BCUT2D eigenvalue weighted by atomic mass is 19.4. The molecule has 4 nitrogen and oxygen atoms in total. The Hall–Kier alpha value is -2.83. The van der Waals surface area contributed by atoms with Crippen LogP contribution in [0.1, 0.15) is 30.4 Å². The third-order valence-corrected chi connectivity index (χ3v) is 4.27. The lowest BCUT2D eigenvalue weighted by Crippen LogP contribution is -2.15. The van der Waals surface area contributed by atoms with E-state index in [2.05, 4.69) is 10.6 Å². The van der Waals surface area contributed by atoms with E-state index in [1.54, 1.807) is 30.3 Å². The summed E-state index contributed by atoms with van der Waals surface area (Å²) in [5, 5.41) is 5.32. The summed E-state index contributed by atoms with van der Waals surface area (Å²) in [6.45, 7) is 1.39. The van der Waals surface area contributed by atoms with E-state index in [1.807, 2.05) is 0 Å². The SMILES string of the molecule is CC(=O)Nc1ccc(NC(=O)C2CC2c2ccccc2C(F)(F)F)cc1. The molecule has 0 aliphatic heterocycles. The van der Waals surface area contributed by atoms with Gasteiger partial charge >= 0.3 is 6.18 Å². The highest BCUT2D eigenvalue weighted by Gasteiger charge is 2.47. The number of hydrogen-bond acceptors (Lipinski definition) is 2. The van der Waals surface area contributed by atoms with Crippen LogP contribution >= 0.6 is 0 Å². The van der Waals surface area contributed by atoms with Crippen LogP contribution in [0.2, 0.25) is 0 Å². The first kappa shape index (κ1) is 18.0. The van der Waals surface area contributed by atoms with Crippen LogP contribution in [0, 0.1) is 5.92 Å². The van der Waals surface area contributed by atoms with Crippen molar-refractivity contribution in [1.29, 1.82) is 0 Å². The molecule has 0 bridgehead atoms. The lowest BCUT2D eigenvalue weighted by molar-refractivity contribution is -0.138. The highest BCUT2D eigenvalue weighted by molar-refractivity contribution is 5.95. The van der Waals surface area contributed by atoms with Gasteiger partial charge in [-0.05, 0) is 48.2 Å². The lowest BCUT2D eigenvalue weighted by atomic mass is 10.0. The van der Waals surface area contributed by atoms with Crippen LogP contribution in [0.4, 0.5) is 24.5 Å². The van der Waals surface area contributed by atoms with E-state index in [0.29, 0.717) is 17.8 Å². The van der Waals surface area contributed by atoms with Gasteiger partial charge in [-0.3, -0.25) is 9.59 Å². The summed E-state index contributed by atoms with van der Waals surface area (Å²) in [6.07, 6.45) is -4.04. The maximum Gasteiger partial charge on any atom is 0.416 e. The third kappa shape index (κ3) is 4.04. The van der Waals surface area contributed by atoms with Crippen molar-refractivity contribution in [3.8, 4) is 0 Å². The molecule has 2 N–H and O–H groups in total. The fourth-order valence-corrected chi connectivity index (χ4v) is 2.98. The monoisotopic (exact) mass is 362 g/mol. The summed E-state index contributed by atoms with van der Waals surface area (Å²) >= 11 is 0. The quantitative estimate of drug-likeness (QED) is 0.847. The van der Waals surface area contributed by atoms with E-state index in [1.165, 1.54) is 19.1 Å². The second-order valence-corrected chi connectivity index (χ2v) is 6.28. The minimum atomic E-state index is -4.43. The van der Waals surface area contributed by atoms with Crippen molar-refractivity contribution in [2.24, 2.45) is 5.92 Å². The van der Waals surface area contributed by atoms with E-state index < -0.39 is 23.6 Å². The van der Waals surface area contributed by atoms with Gasteiger partial charge in [0.25, 0.3) is 0 Å². The molecule has 1 aliphatic carbocycles. The molecule has 0 radical (unpaired) electrons. The number of benzene rings is 2. The zero-order chi connectivity index (χ0) is 18.9. The van der Waals surface area contributed by atoms with Crippen molar-refractivity contribution in [3.05, 3.63) is 59.7 Å². The maximum atomic E-state index is 13.1. The lowest BCUT2D eigenvalue weighted by Gasteiger charge is -2.12. The van der Waals surface area contributed by atoms with Gasteiger partial charge in [0.2, 0.25) is 11.8 Å². The smallest absolute Gasteiger partial charge is 0.326 e. The summed E-state index contributed by atoms with van der Waals surface area (Å²) in [6, 6.07) is 11.9. The fraction of sp³-hybridized carbons (Fsp3) is 0.263. The van der Waals surface area contributed by atoms with Crippen molar-refractivity contribution in [3.63, 3.8) is 0 Å². The Morgan fingerprint density at radius 2 is 1.54 bits per heavy atom. The number of carbonyl (C=O) groups is 2. The van der Waals surface area contributed by atoms with Crippen LogP contribution in [0.15, 0.2) is 48.5 Å². The van der Waals surface area contributed by atoms with E-state index in [4.69, 9.17) is 0 Å². The van der Waals surface area contributed by atoms with Gasteiger partial charge in [-0.1, -0.05) is 18.2 Å². The normalized spacial score (nSPS) is 18.9. The van der Waals surface area contributed by atoms with Crippen molar-refractivity contribution in [2.45, 2.75) is 25.4 Å². The van der Waals surface area contributed by atoms with Gasteiger partial charge in [-0.2, -0.15) is 13.2 Å². The molecule has 3 rings (SSSR count). The predicted molar refractivity (Wildman–Crippen MR) is 91.7 cm³/mol. The first-order chi connectivity index (χ1) is 12.3. The van der Waals surface area contributed by atoms with E-state index >= 15 is 0 Å². The topological polar surface area (TPSA) is 58.2 Å². The summed E-state index contributed by atoms with van der Waals surface area (Å²) in [4.78, 5) is 23.3. The molecule has 7 heteroatoms. The van der Waals surface area contributed by atoms with Crippen LogP contribution in [0.3, 0.4) is 0 Å². The Morgan fingerprint density at radius 3 is 2.12 bits per heavy atom. The predicted octanol–water partition coefficient (Wildman–Crippen LogP) is 4.41. The van der Waals surface area contributed by atoms with Crippen molar-refractivity contribution in [1.82, 2.24) is 0 Å². The van der Waals surface area contributed by atoms with Gasteiger partial charge in [-0.15, -0.1) is 0 Å². The zero-order valence-corrected chi connectivity index (χ0v) is 13.9. The first-order valence-corrected chi connectivity index (χ1v) is 8.10. The molecule has 0 saturated heterocycles. The number of halogens is 3. The molecule has 1 saturated carbocycles. The van der Waals surface area contributed by atoms with Gasteiger partial charge in [-0.25, -0.2) is 0 Å². The van der Waals surface area contributed by atoms with E-state index in [-0.39, 0.29) is 17.4 Å². The van der Waals surface area contributed by atoms with Crippen molar-refractivity contribution < 1.29 is 22.8 Å². The molecule has 1 aliphatic rings. The maximum absolute atomic E-state index is 13.1. The highest BCUT2D eigenvalue weighted by Crippen LogP contribution is 2.51. The molecule has 2 unspecified atom stereocenters. The van der Waals surface area contributed by atoms with Gasteiger partial charge in [0.05, 0.1) is 5.56 Å². The number of rotatable bonds is 4. The first-order valence-electron chi connectivity index (χ1n) is 8.10. The molecule has 136 valence electrons. The van der Waals surface area contributed by atoms with Gasteiger partial charge in [0.1, 0.15) is 0 Å². The molecular formula is C19H17F3N2O2. The Balaban J connectivity index is 1.66. The third-order valence-electron chi connectivity index (χ3n) is 4.27. The number of hydrogen-bond donors (Lipinski definition) is 2. The Labute approximate surface area is 148 Å². The Bertz CT molecular complexity index is 831. The largest absolute Gasteiger partial charge is 0.416 e. The fourth-order valence-electron chi connectivity index (χ4n) is 2.98. The molecule has 26 heavy (non-hydrogen) atoms. The second kappa shape index (κ2) is 6.82. The summed E-state index contributed by atoms with van der Waals surface area (Å²) in [5.74, 6) is -1.41. The van der Waals surface area contributed by atoms with Crippen LogP contribution < -0.4 is 10.6 Å². The van der Waals surface area contributed by atoms with Crippen molar-refractivity contribution >= 4 is 23.2 Å². The van der Waals surface area contributed by atoms with Crippen LogP contribution in [-0.2, 0) is 15.8 Å². The molecular weight excluding hydrogens is 345 g/mol. The van der Waals surface area contributed by atoms with Crippen LogP contribution in [0.5, 0.6) is 0 Å². The minimum Gasteiger partial charge on any atom is -0.326 e. The van der Waals surface area contributed by atoms with E-state index in [9.17, 15) is 22.8 Å². The average Bonchev–Trinajstić information content (AvgIpc) is 3.36. The number of amides is 2. The zero-order valence-electron chi connectivity index (χ0n) is 13.9. The van der Waals surface area contributed by atoms with Gasteiger partial charge < -0.3 is 10.6 Å². The standard InChI is InChI=1S/C19H17F3N2O2/c1-11(25)23-12-6-8-13(9-7-12)24-18(26)16-10-15(16)14-4-2-3-5-17(14)19(20,21)22/h2-9,15-16H,10H2,1H3,(H,23,25)(H,24,26). The average molecular weight is 362 g/mol. The number of carbonyl (C=O) groups excluding carboxylic acids is 2. The number of alkyl halides is 3. The van der Waals surface area contributed by atoms with Crippen LogP contribution in [-0.4, -0.2) is 11.8 Å². The molecule has 0 aromatic heterocycles. The molecule has 1 fully saturated rings. The molecule has 2 aromatic carbocycles. The molecule has 2 atom stereocenters. The number of nitrogens with one attached hydrogen (secondary N) is 2. The van der Waals surface area contributed by atoms with Gasteiger partial charge in [0, 0.05) is 24.2 Å². The molecule has 2 aromatic rings. The van der Waals surface area contributed by atoms with E-state index in [0.717, 1.165) is 6.07 Å².